The lowest BCUT2D eigenvalue weighted by Crippen LogP contribution is -2.07. The van der Waals surface area contributed by atoms with E-state index >= 15 is 0 Å². The summed E-state index contributed by atoms with van der Waals surface area (Å²) in [6.45, 7) is 3.47. The van der Waals surface area contributed by atoms with Gasteiger partial charge in [-0.15, -0.1) is 0 Å². The Morgan fingerprint density at radius 3 is 2.33 bits per heavy atom. The van der Waals surface area contributed by atoms with Gasteiger partial charge in [-0.3, -0.25) is 0 Å². The molecule has 0 heterocycles. The third kappa shape index (κ3) is 5.22. The number of esters is 2. The topological polar surface area (TPSA) is 52.6 Å². The minimum absolute atomic E-state index is 0.143. The Morgan fingerprint density at radius 1 is 1.33 bits per heavy atom. The fourth-order valence-electron chi connectivity index (χ4n) is 0.752. The van der Waals surface area contributed by atoms with Gasteiger partial charge < -0.3 is 9.47 Å². The van der Waals surface area contributed by atoms with E-state index in [0.717, 1.165) is 6.08 Å². The fourth-order valence-corrected chi connectivity index (χ4v) is 0.892. The molecule has 0 aromatic rings. The predicted molar refractivity (Wildman–Crippen MR) is 56.3 cm³/mol. The molecule has 0 aromatic heterocycles. The van der Waals surface area contributed by atoms with E-state index in [0.29, 0.717) is 0 Å². The van der Waals surface area contributed by atoms with Gasteiger partial charge >= 0.3 is 11.9 Å². The Labute approximate surface area is 93.5 Å². The van der Waals surface area contributed by atoms with Crippen LogP contribution >= 0.6 is 11.6 Å². The minimum atomic E-state index is -0.565. The maximum atomic E-state index is 11.3. The Balaban J connectivity index is 4.72. The summed E-state index contributed by atoms with van der Waals surface area (Å²) in [5.41, 5.74) is 0.143. The number of methoxy groups -OCH3 is 1. The van der Waals surface area contributed by atoms with E-state index in [1.165, 1.54) is 20.1 Å². The van der Waals surface area contributed by atoms with Crippen LogP contribution in [0.4, 0.5) is 0 Å². The molecule has 0 N–H and O–H groups in total. The van der Waals surface area contributed by atoms with E-state index in [1.807, 2.05) is 0 Å². The zero-order chi connectivity index (χ0) is 11.8. The maximum Gasteiger partial charge on any atom is 0.339 e. The van der Waals surface area contributed by atoms with Gasteiger partial charge in [0.15, 0.2) is 0 Å². The molecule has 0 saturated heterocycles. The molecule has 0 aliphatic carbocycles. The van der Waals surface area contributed by atoms with E-state index in [2.05, 4.69) is 4.74 Å². The normalized spacial score (nSPS) is 12.3. The van der Waals surface area contributed by atoms with Crippen LogP contribution < -0.4 is 0 Å². The number of carbonyl (C=O) groups is 2. The summed E-state index contributed by atoms with van der Waals surface area (Å²) in [6.07, 6.45) is 2.38. The highest BCUT2D eigenvalue weighted by Crippen LogP contribution is 2.12. The highest BCUT2D eigenvalue weighted by atomic mass is 35.5. The van der Waals surface area contributed by atoms with Gasteiger partial charge in [0.1, 0.15) is 0 Å². The molecule has 0 atom stereocenters. The van der Waals surface area contributed by atoms with E-state index in [9.17, 15) is 9.59 Å². The summed E-state index contributed by atoms with van der Waals surface area (Å²) in [5.74, 6) is -1.13. The third-order valence-corrected chi connectivity index (χ3v) is 1.66. The van der Waals surface area contributed by atoms with Crippen LogP contribution in [0.3, 0.4) is 0 Å². The first kappa shape index (κ1) is 13.7. The van der Waals surface area contributed by atoms with Crippen molar-refractivity contribution in [3.63, 3.8) is 0 Å². The van der Waals surface area contributed by atoms with E-state index < -0.39 is 11.9 Å². The van der Waals surface area contributed by atoms with Crippen molar-refractivity contribution >= 4 is 23.5 Å². The summed E-state index contributed by atoms with van der Waals surface area (Å²) < 4.78 is 9.12. The van der Waals surface area contributed by atoms with Crippen LogP contribution in [0.2, 0.25) is 0 Å². The monoisotopic (exact) mass is 232 g/mol. The Hall–Kier alpha value is -1.29. The Bertz CT molecular complexity index is 301. The molecule has 0 spiro atoms. The molecule has 0 amide bonds. The van der Waals surface area contributed by atoms with Crippen molar-refractivity contribution in [2.45, 2.75) is 13.8 Å². The van der Waals surface area contributed by atoms with Crippen molar-refractivity contribution < 1.29 is 19.1 Å². The van der Waals surface area contributed by atoms with Crippen molar-refractivity contribution in [2.24, 2.45) is 0 Å². The number of rotatable bonds is 4. The third-order valence-electron chi connectivity index (χ3n) is 1.45. The summed E-state index contributed by atoms with van der Waals surface area (Å²) in [7, 11) is 1.24. The maximum absolute atomic E-state index is 11.3. The predicted octanol–water partition coefficient (Wildman–Crippen LogP) is 1.79. The van der Waals surface area contributed by atoms with Crippen molar-refractivity contribution in [3.8, 4) is 0 Å². The van der Waals surface area contributed by atoms with Gasteiger partial charge in [-0.2, -0.15) is 0 Å². The number of allylic oxidation sites excluding steroid dienone is 1. The van der Waals surface area contributed by atoms with E-state index in [-0.39, 0.29) is 17.2 Å². The number of carbonyl (C=O) groups excluding carboxylic acids is 2. The minimum Gasteiger partial charge on any atom is -0.466 e. The number of hydrogen-bond acceptors (Lipinski definition) is 4. The fraction of sp³-hybridized carbons (Fsp3) is 0.400. The van der Waals surface area contributed by atoms with Crippen molar-refractivity contribution in [3.05, 3.63) is 22.8 Å². The van der Waals surface area contributed by atoms with Gasteiger partial charge in [-0.1, -0.05) is 11.6 Å². The van der Waals surface area contributed by atoms with Gasteiger partial charge in [-0.05, 0) is 19.9 Å². The molecule has 84 valence electrons. The first-order valence-electron chi connectivity index (χ1n) is 4.32. The molecule has 0 rings (SSSR count). The molecule has 0 radical (unpaired) electrons. The summed E-state index contributed by atoms with van der Waals surface area (Å²) in [6, 6.07) is 0. The molecule has 0 saturated carbocycles. The zero-order valence-corrected chi connectivity index (χ0v) is 9.63. The van der Waals surface area contributed by atoms with Gasteiger partial charge in [0, 0.05) is 11.1 Å². The zero-order valence-electron chi connectivity index (χ0n) is 8.87. The Kier molecular flexibility index (Phi) is 6.45. The highest BCUT2D eigenvalue weighted by molar-refractivity contribution is 6.31. The quantitative estimate of drug-likeness (QED) is 0.421. The molecule has 0 aromatic carbocycles. The summed E-state index contributed by atoms with van der Waals surface area (Å²) in [5, 5.41) is 0.258. The largest absolute Gasteiger partial charge is 0.466 e. The molecule has 0 bridgehead atoms. The van der Waals surface area contributed by atoms with Crippen LogP contribution in [0.15, 0.2) is 22.8 Å². The van der Waals surface area contributed by atoms with Gasteiger partial charge in [0.25, 0.3) is 0 Å². The first-order chi connectivity index (χ1) is 7.02. The highest BCUT2D eigenvalue weighted by Gasteiger charge is 2.10. The van der Waals surface area contributed by atoms with Crippen LogP contribution in [0, 0.1) is 0 Å². The van der Waals surface area contributed by atoms with Crippen LogP contribution in [0.1, 0.15) is 13.8 Å². The molecule has 15 heavy (non-hydrogen) atoms. The molecule has 4 nitrogen and oxygen atoms in total. The van der Waals surface area contributed by atoms with Crippen LogP contribution in [0.5, 0.6) is 0 Å². The molecular weight excluding hydrogens is 220 g/mol. The lowest BCUT2D eigenvalue weighted by Gasteiger charge is -2.02. The molecular formula is C10H13ClO4. The van der Waals surface area contributed by atoms with Gasteiger partial charge in [0.2, 0.25) is 0 Å². The van der Waals surface area contributed by atoms with Gasteiger partial charge in [0.05, 0.1) is 19.3 Å². The van der Waals surface area contributed by atoms with Crippen LogP contribution in [-0.2, 0) is 19.1 Å². The number of ether oxygens (including phenoxy) is 2. The number of hydrogen-bond donors (Lipinski definition) is 0. The lowest BCUT2D eigenvalue weighted by atomic mass is 10.2. The summed E-state index contributed by atoms with van der Waals surface area (Å²) in [4.78, 5) is 22.1. The van der Waals surface area contributed by atoms with Crippen molar-refractivity contribution in [1.82, 2.24) is 0 Å². The van der Waals surface area contributed by atoms with Crippen LogP contribution in [0.25, 0.3) is 0 Å². The molecule has 0 unspecified atom stereocenters. The first-order valence-corrected chi connectivity index (χ1v) is 4.70. The van der Waals surface area contributed by atoms with Crippen molar-refractivity contribution in [2.75, 3.05) is 13.7 Å². The molecule has 0 aliphatic heterocycles. The lowest BCUT2D eigenvalue weighted by molar-refractivity contribution is -0.138. The molecule has 5 heteroatoms. The summed E-state index contributed by atoms with van der Waals surface area (Å²) >= 11 is 5.68. The Morgan fingerprint density at radius 2 is 1.93 bits per heavy atom. The average molecular weight is 233 g/mol. The van der Waals surface area contributed by atoms with Crippen molar-refractivity contribution in [1.29, 1.82) is 0 Å². The number of halogens is 1. The molecule has 0 aliphatic rings. The standard InChI is InChI=1S/C10H13ClO4/c1-4-15-10(13)8(7(2)11)5-6-9(12)14-3/h5-6H,4H2,1-3H3/b6-5+,8-7+. The second-order valence-electron chi connectivity index (χ2n) is 2.52. The van der Waals surface area contributed by atoms with E-state index in [1.54, 1.807) is 6.92 Å². The van der Waals surface area contributed by atoms with Crippen LogP contribution in [-0.4, -0.2) is 25.7 Å². The second-order valence-corrected chi connectivity index (χ2v) is 3.09. The van der Waals surface area contributed by atoms with Gasteiger partial charge in [-0.25, -0.2) is 9.59 Å². The van der Waals surface area contributed by atoms with E-state index in [4.69, 9.17) is 16.3 Å². The smallest absolute Gasteiger partial charge is 0.339 e. The average Bonchev–Trinajstić information content (AvgIpc) is 2.17. The molecule has 0 fully saturated rings. The SMILES string of the molecule is CCOC(=O)C(/C=C/C(=O)OC)=C(\C)Cl. The second kappa shape index (κ2) is 7.06.